The molecule has 0 spiro atoms. The predicted octanol–water partition coefficient (Wildman–Crippen LogP) is 3.72. The van der Waals surface area contributed by atoms with Gasteiger partial charge in [-0.25, -0.2) is 9.97 Å². The number of nitrogens with zero attached hydrogens (tertiary/aromatic N) is 2. The van der Waals surface area contributed by atoms with Crippen LogP contribution in [-0.4, -0.2) is 21.7 Å². The first-order valence-corrected chi connectivity index (χ1v) is 8.86. The molecule has 0 fully saturated rings. The van der Waals surface area contributed by atoms with Gasteiger partial charge in [-0.2, -0.15) is 0 Å². The first kappa shape index (κ1) is 14.6. The van der Waals surface area contributed by atoms with Crippen LogP contribution in [0.25, 0.3) is 10.2 Å². The van der Waals surface area contributed by atoms with Gasteiger partial charge < -0.3 is 10.4 Å². The topological polar surface area (TPSA) is 58.0 Å². The van der Waals surface area contributed by atoms with E-state index in [1.165, 1.54) is 23.3 Å². The highest BCUT2D eigenvalue weighted by atomic mass is 32.1. The SMILES string of the molecule is OC[C@@H](Nc1ncnc2sc3c(c12)CCCC3)c1ccccc1. The maximum absolute atomic E-state index is 9.80. The van der Waals surface area contributed by atoms with E-state index in [1.807, 2.05) is 30.3 Å². The standard InChI is InChI=1S/C18H19N3OS/c22-10-14(12-6-2-1-3-7-12)21-17-16-13-8-4-5-9-15(13)23-18(16)20-11-19-17/h1-3,6-7,11,14,22H,4-5,8-10H2,(H,19,20,21)/t14-/m1/s1. The quantitative estimate of drug-likeness (QED) is 0.767. The van der Waals surface area contributed by atoms with Crippen molar-refractivity contribution in [1.29, 1.82) is 0 Å². The molecule has 0 saturated carbocycles. The molecular weight excluding hydrogens is 306 g/mol. The van der Waals surface area contributed by atoms with E-state index in [4.69, 9.17) is 0 Å². The second-order valence-corrected chi connectivity index (χ2v) is 6.99. The van der Waals surface area contributed by atoms with Gasteiger partial charge >= 0.3 is 0 Å². The van der Waals surface area contributed by atoms with E-state index < -0.39 is 0 Å². The number of nitrogens with one attached hydrogen (secondary N) is 1. The highest BCUT2D eigenvalue weighted by Crippen LogP contribution is 2.38. The number of aliphatic hydroxyl groups is 1. The molecule has 5 heteroatoms. The second kappa shape index (κ2) is 6.26. The Hall–Kier alpha value is -1.98. The smallest absolute Gasteiger partial charge is 0.139 e. The van der Waals surface area contributed by atoms with Crippen molar-refractivity contribution in [3.8, 4) is 0 Å². The Labute approximate surface area is 139 Å². The summed E-state index contributed by atoms with van der Waals surface area (Å²) in [7, 11) is 0. The lowest BCUT2D eigenvalue weighted by atomic mass is 9.97. The zero-order chi connectivity index (χ0) is 15.6. The molecular formula is C18H19N3OS. The van der Waals surface area contributed by atoms with Gasteiger partial charge in [-0.05, 0) is 36.8 Å². The van der Waals surface area contributed by atoms with Crippen molar-refractivity contribution < 1.29 is 5.11 Å². The van der Waals surface area contributed by atoms with Crippen LogP contribution in [0.15, 0.2) is 36.7 Å². The van der Waals surface area contributed by atoms with Gasteiger partial charge in [-0.15, -0.1) is 11.3 Å². The monoisotopic (exact) mass is 325 g/mol. The van der Waals surface area contributed by atoms with E-state index in [-0.39, 0.29) is 12.6 Å². The summed E-state index contributed by atoms with van der Waals surface area (Å²) >= 11 is 1.79. The lowest BCUT2D eigenvalue weighted by Gasteiger charge is -2.19. The summed E-state index contributed by atoms with van der Waals surface area (Å²) in [6.45, 7) is 0.0296. The van der Waals surface area contributed by atoms with E-state index in [1.54, 1.807) is 17.7 Å². The number of thiophene rings is 1. The predicted molar refractivity (Wildman–Crippen MR) is 93.9 cm³/mol. The number of hydrogen-bond donors (Lipinski definition) is 2. The van der Waals surface area contributed by atoms with Crippen LogP contribution in [0.1, 0.15) is 34.9 Å². The number of hydrogen-bond acceptors (Lipinski definition) is 5. The number of fused-ring (bicyclic) bond motifs is 3. The molecule has 0 amide bonds. The zero-order valence-electron chi connectivity index (χ0n) is 12.8. The maximum atomic E-state index is 9.80. The Kier molecular flexibility index (Phi) is 3.97. The summed E-state index contributed by atoms with van der Waals surface area (Å²) in [5, 5.41) is 14.4. The summed E-state index contributed by atoms with van der Waals surface area (Å²) in [5.41, 5.74) is 2.47. The Morgan fingerprint density at radius 1 is 1.13 bits per heavy atom. The first-order valence-electron chi connectivity index (χ1n) is 8.04. The van der Waals surface area contributed by atoms with Crippen LogP contribution in [0.5, 0.6) is 0 Å². The number of benzene rings is 1. The summed E-state index contributed by atoms with van der Waals surface area (Å²) in [6.07, 6.45) is 6.37. The van der Waals surface area contributed by atoms with Gasteiger partial charge in [0, 0.05) is 4.88 Å². The molecule has 4 nitrogen and oxygen atoms in total. The summed E-state index contributed by atoms with van der Waals surface area (Å²) in [5.74, 6) is 0.845. The van der Waals surface area contributed by atoms with E-state index >= 15 is 0 Å². The third-order valence-electron chi connectivity index (χ3n) is 4.45. The third kappa shape index (κ3) is 2.71. The first-order chi connectivity index (χ1) is 11.4. The third-order valence-corrected chi connectivity index (χ3v) is 5.65. The van der Waals surface area contributed by atoms with Crippen LogP contribution in [0.4, 0.5) is 5.82 Å². The van der Waals surface area contributed by atoms with Crippen molar-refractivity contribution in [1.82, 2.24) is 9.97 Å². The van der Waals surface area contributed by atoms with Crippen molar-refractivity contribution >= 4 is 27.4 Å². The summed E-state index contributed by atoms with van der Waals surface area (Å²) in [4.78, 5) is 11.4. The van der Waals surface area contributed by atoms with Gasteiger partial charge in [0.1, 0.15) is 17.0 Å². The number of rotatable bonds is 4. The molecule has 0 radical (unpaired) electrons. The molecule has 0 unspecified atom stereocenters. The molecule has 0 aliphatic heterocycles. The van der Waals surface area contributed by atoms with Crippen molar-refractivity contribution in [2.75, 3.05) is 11.9 Å². The highest BCUT2D eigenvalue weighted by Gasteiger charge is 2.21. The molecule has 0 bridgehead atoms. The Bertz CT molecular complexity index is 816. The molecule has 1 atom stereocenters. The van der Waals surface area contributed by atoms with Gasteiger partial charge in [0.05, 0.1) is 18.0 Å². The molecule has 4 rings (SSSR count). The zero-order valence-corrected chi connectivity index (χ0v) is 13.6. The average Bonchev–Trinajstić information content (AvgIpc) is 2.99. The summed E-state index contributed by atoms with van der Waals surface area (Å²) in [6, 6.07) is 9.85. The molecule has 2 N–H and O–H groups in total. The molecule has 23 heavy (non-hydrogen) atoms. The largest absolute Gasteiger partial charge is 0.394 e. The number of anilines is 1. The molecule has 3 aromatic rings. The number of aryl methyl sites for hydroxylation is 2. The normalized spacial score (nSPS) is 15.3. The number of aromatic nitrogens is 2. The van der Waals surface area contributed by atoms with E-state index in [0.717, 1.165) is 34.4 Å². The fourth-order valence-electron chi connectivity index (χ4n) is 3.28. The maximum Gasteiger partial charge on any atom is 0.139 e. The Morgan fingerprint density at radius 3 is 2.78 bits per heavy atom. The van der Waals surface area contributed by atoms with Crippen LogP contribution in [-0.2, 0) is 12.8 Å². The van der Waals surface area contributed by atoms with E-state index in [2.05, 4.69) is 15.3 Å². The van der Waals surface area contributed by atoms with Crippen LogP contribution in [0.2, 0.25) is 0 Å². The minimum atomic E-state index is -0.159. The molecule has 2 heterocycles. The van der Waals surface area contributed by atoms with E-state index in [9.17, 15) is 5.11 Å². The minimum absolute atomic E-state index is 0.0296. The van der Waals surface area contributed by atoms with Crippen molar-refractivity contribution in [3.05, 3.63) is 52.7 Å². The van der Waals surface area contributed by atoms with Crippen molar-refractivity contribution in [3.63, 3.8) is 0 Å². The highest BCUT2D eigenvalue weighted by molar-refractivity contribution is 7.19. The fraction of sp³-hybridized carbons (Fsp3) is 0.333. The van der Waals surface area contributed by atoms with Crippen LogP contribution in [0.3, 0.4) is 0 Å². The molecule has 0 saturated heterocycles. The molecule has 118 valence electrons. The molecule has 2 aromatic heterocycles. The lowest BCUT2D eigenvalue weighted by molar-refractivity contribution is 0.276. The summed E-state index contributed by atoms with van der Waals surface area (Å²) < 4.78 is 0. The number of aliphatic hydroxyl groups excluding tert-OH is 1. The van der Waals surface area contributed by atoms with Crippen LogP contribution < -0.4 is 5.32 Å². The minimum Gasteiger partial charge on any atom is -0.394 e. The average molecular weight is 325 g/mol. The van der Waals surface area contributed by atoms with Crippen LogP contribution >= 0.6 is 11.3 Å². The Balaban J connectivity index is 1.75. The molecule has 1 aliphatic carbocycles. The fourth-order valence-corrected chi connectivity index (χ4v) is 4.51. The van der Waals surface area contributed by atoms with Gasteiger partial charge in [-0.3, -0.25) is 0 Å². The van der Waals surface area contributed by atoms with Crippen molar-refractivity contribution in [2.24, 2.45) is 0 Å². The Morgan fingerprint density at radius 2 is 1.96 bits per heavy atom. The van der Waals surface area contributed by atoms with Gasteiger partial charge in [0.2, 0.25) is 0 Å². The van der Waals surface area contributed by atoms with Crippen molar-refractivity contribution in [2.45, 2.75) is 31.7 Å². The van der Waals surface area contributed by atoms with Gasteiger partial charge in [0.15, 0.2) is 0 Å². The molecule has 1 aliphatic rings. The molecule has 1 aromatic carbocycles. The van der Waals surface area contributed by atoms with E-state index in [0.29, 0.717) is 0 Å². The van der Waals surface area contributed by atoms with Crippen LogP contribution in [0, 0.1) is 0 Å². The van der Waals surface area contributed by atoms with Gasteiger partial charge in [0.25, 0.3) is 0 Å². The lowest BCUT2D eigenvalue weighted by Crippen LogP contribution is -2.16. The second-order valence-electron chi connectivity index (χ2n) is 5.90. The van der Waals surface area contributed by atoms with Gasteiger partial charge in [-0.1, -0.05) is 30.3 Å².